The molecule has 1 fully saturated rings. The van der Waals surface area contributed by atoms with Crippen LogP contribution in [0, 0.1) is 0 Å². The van der Waals surface area contributed by atoms with E-state index in [-0.39, 0.29) is 18.9 Å². The van der Waals surface area contributed by atoms with E-state index >= 15 is 0 Å². The topological polar surface area (TPSA) is 9.23 Å². The SMILES string of the molecule is C=C(CCC)C(=C)OC1CCC(F)(F)CC1. The first-order valence-corrected chi connectivity index (χ1v) is 5.86. The van der Waals surface area contributed by atoms with Crippen LogP contribution in [0.5, 0.6) is 0 Å². The molecule has 16 heavy (non-hydrogen) atoms. The van der Waals surface area contributed by atoms with Crippen molar-refractivity contribution in [2.75, 3.05) is 0 Å². The van der Waals surface area contributed by atoms with Crippen LogP contribution in [0.2, 0.25) is 0 Å². The van der Waals surface area contributed by atoms with Crippen LogP contribution in [-0.4, -0.2) is 12.0 Å². The van der Waals surface area contributed by atoms with E-state index in [2.05, 4.69) is 20.1 Å². The van der Waals surface area contributed by atoms with Gasteiger partial charge in [0.2, 0.25) is 5.92 Å². The molecule has 92 valence electrons. The maximum Gasteiger partial charge on any atom is 0.248 e. The first-order valence-electron chi connectivity index (χ1n) is 5.86. The summed E-state index contributed by atoms with van der Waals surface area (Å²) in [6.07, 6.45) is 2.39. The Hall–Kier alpha value is -0.860. The fourth-order valence-corrected chi connectivity index (χ4v) is 1.86. The third kappa shape index (κ3) is 3.95. The summed E-state index contributed by atoms with van der Waals surface area (Å²) in [4.78, 5) is 0. The van der Waals surface area contributed by atoms with Crippen LogP contribution in [0.25, 0.3) is 0 Å². The fourth-order valence-electron chi connectivity index (χ4n) is 1.86. The van der Waals surface area contributed by atoms with Crippen LogP contribution >= 0.6 is 0 Å². The second-order valence-corrected chi connectivity index (χ2v) is 4.45. The molecule has 0 spiro atoms. The van der Waals surface area contributed by atoms with Crippen molar-refractivity contribution >= 4 is 0 Å². The van der Waals surface area contributed by atoms with Crippen molar-refractivity contribution in [1.82, 2.24) is 0 Å². The number of ether oxygens (including phenoxy) is 1. The molecule has 0 saturated heterocycles. The Labute approximate surface area is 96.2 Å². The molecule has 0 amide bonds. The molecule has 0 radical (unpaired) electrons. The molecule has 0 aromatic rings. The molecule has 0 atom stereocenters. The predicted octanol–water partition coefficient (Wildman–Crippen LogP) is 4.45. The third-order valence-corrected chi connectivity index (χ3v) is 2.92. The van der Waals surface area contributed by atoms with Crippen LogP contribution in [0.4, 0.5) is 8.78 Å². The molecular formula is C13H20F2O. The second kappa shape index (κ2) is 5.46. The summed E-state index contributed by atoms with van der Waals surface area (Å²) >= 11 is 0. The molecule has 0 heterocycles. The second-order valence-electron chi connectivity index (χ2n) is 4.45. The number of alkyl halides is 2. The van der Waals surface area contributed by atoms with Crippen molar-refractivity contribution in [3.8, 4) is 0 Å². The van der Waals surface area contributed by atoms with Gasteiger partial charge < -0.3 is 4.74 Å². The monoisotopic (exact) mass is 230 g/mol. The van der Waals surface area contributed by atoms with E-state index in [0.29, 0.717) is 18.6 Å². The summed E-state index contributed by atoms with van der Waals surface area (Å²) in [5, 5.41) is 0. The van der Waals surface area contributed by atoms with Gasteiger partial charge in [-0.25, -0.2) is 8.78 Å². The zero-order valence-corrected chi connectivity index (χ0v) is 9.90. The zero-order valence-electron chi connectivity index (χ0n) is 9.90. The summed E-state index contributed by atoms with van der Waals surface area (Å²) in [6, 6.07) is 0. The Bertz CT molecular complexity index is 261. The average Bonchev–Trinajstić information content (AvgIpc) is 2.21. The molecule has 0 aromatic heterocycles. The molecule has 0 bridgehead atoms. The number of hydrogen-bond donors (Lipinski definition) is 0. The fraction of sp³-hybridized carbons (Fsp3) is 0.692. The Kier molecular flexibility index (Phi) is 4.51. The summed E-state index contributed by atoms with van der Waals surface area (Å²) in [5.41, 5.74) is 0.875. The van der Waals surface area contributed by atoms with Crippen LogP contribution in [0.1, 0.15) is 45.4 Å². The summed E-state index contributed by atoms with van der Waals surface area (Å²) in [7, 11) is 0. The van der Waals surface area contributed by atoms with Crippen LogP contribution < -0.4 is 0 Å². The normalized spacial score (nSPS) is 20.4. The lowest BCUT2D eigenvalue weighted by molar-refractivity contribution is -0.0681. The quantitative estimate of drug-likeness (QED) is 0.501. The molecule has 3 heteroatoms. The highest BCUT2D eigenvalue weighted by Crippen LogP contribution is 2.35. The van der Waals surface area contributed by atoms with E-state index in [1.807, 2.05) is 0 Å². The number of allylic oxidation sites excluding steroid dienone is 1. The molecule has 1 aliphatic rings. The maximum absolute atomic E-state index is 12.9. The van der Waals surface area contributed by atoms with Crippen molar-refractivity contribution in [1.29, 1.82) is 0 Å². The average molecular weight is 230 g/mol. The highest BCUT2D eigenvalue weighted by atomic mass is 19.3. The van der Waals surface area contributed by atoms with Gasteiger partial charge in [0.25, 0.3) is 0 Å². The van der Waals surface area contributed by atoms with Gasteiger partial charge in [-0.1, -0.05) is 26.5 Å². The van der Waals surface area contributed by atoms with E-state index in [1.165, 1.54) is 0 Å². The largest absolute Gasteiger partial charge is 0.491 e. The van der Waals surface area contributed by atoms with E-state index in [9.17, 15) is 8.78 Å². The molecule has 0 aliphatic heterocycles. The number of hydrogen-bond acceptors (Lipinski definition) is 1. The molecule has 1 saturated carbocycles. The van der Waals surface area contributed by atoms with Gasteiger partial charge in [0.05, 0.1) is 6.10 Å². The maximum atomic E-state index is 12.9. The van der Waals surface area contributed by atoms with E-state index < -0.39 is 5.92 Å². The molecule has 1 aliphatic carbocycles. The minimum atomic E-state index is -2.50. The molecular weight excluding hydrogens is 210 g/mol. The van der Waals surface area contributed by atoms with Gasteiger partial charge in [-0.3, -0.25) is 0 Å². The predicted molar refractivity (Wildman–Crippen MR) is 61.5 cm³/mol. The highest BCUT2D eigenvalue weighted by molar-refractivity contribution is 5.19. The van der Waals surface area contributed by atoms with Crippen molar-refractivity contribution in [2.24, 2.45) is 0 Å². The molecule has 1 rings (SSSR count). The van der Waals surface area contributed by atoms with Crippen LogP contribution in [0.15, 0.2) is 24.5 Å². The number of halogens is 2. The summed E-state index contributed by atoms with van der Waals surface area (Å²) < 4.78 is 31.4. The smallest absolute Gasteiger partial charge is 0.248 e. The lowest BCUT2D eigenvalue weighted by atomic mass is 9.94. The van der Waals surface area contributed by atoms with Crippen molar-refractivity contribution in [2.45, 2.75) is 57.5 Å². The van der Waals surface area contributed by atoms with Crippen LogP contribution in [-0.2, 0) is 4.74 Å². The lowest BCUT2D eigenvalue weighted by Gasteiger charge is -2.29. The van der Waals surface area contributed by atoms with Gasteiger partial charge in [0, 0.05) is 12.8 Å². The first kappa shape index (κ1) is 13.2. The zero-order chi connectivity index (χ0) is 12.2. The lowest BCUT2D eigenvalue weighted by Crippen LogP contribution is -2.29. The van der Waals surface area contributed by atoms with Crippen molar-refractivity contribution < 1.29 is 13.5 Å². The van der Waals surface area contributed by atoms with E-state index in [0.717, 1.165) is 18.4 Å². The van der Waals surface area contributed by atoms with E-state index in [1.54, 1.807) is 0 Å². The van der Waals surface area contributed by atoms with Gasteiger partial charge in [-0.2, -0.15) is 0 Å². The van der Waals surface area contributed by atoms with Crippen molar-refractivity contribution in [3.05, 3.63) is 24.5 Å². The molecule has 1 nitrogen and oxygen atoms in total. The first-order chi connectivity index (χ1) is 7.44. The highest BCUT2D eigenvalue weighted by Gasteiger charge is 2.35. The standard InChI is InChI=1S/C13H20F2O/c1-4-5-10(2)11(3)16-12-6-8-13(14,15)9-7-12/h12H,2-9H2,1H3. The molecule has 0 aromatic carbocycles. The van der Waals surface area contributed by atoms with Gasteiger partial charge in [0.15, 0.2) is 0 Å². The Balaban J connectivity index is 2.34. The number of rotatable bonds is 5. The minimum absolute atomic E-state index is 0.0782. The Morgan fingerprint density at radius 1 is 1.31 bits per heavy atom. The Morgan fingerprint density at radius 3 is 2.38 bits per heavy atom. The summed E-state index contributed by atoms with van der Waals surface area (Å²) in [5.74, 6) is -1.93. The van der Waals surface area contributed by atoms with Gasteiger partial charge >= 0.3 is 0 Å². The third-order valence-electron chi connectivity index (χ3n) is 2.92. The van der Waals surface area contributed by atoms with Gasteiger partial charge in [-0.05, 0) is 24.8 Å². The van der Waals surface area contributed by atoms with E-state index in [4.69, 9.17) is 4.74 Å². The molecule has 0 unspecified atom stereocenters. The van der Waals surface area contributed by atoms with Gasteiger partial charge in [0.1, 0.15) is 5.76 Å². The van der Waals surface area contributed by atoms with Gasteiger partial charge in [-0.15, -0.1) is 0 Å². The molecule has 0 N–H and O–H groups in total. The Morgan fingerprint density at radius 2 is 1.88 bits per heavy atom. The van der Waals surface area contributed by atoms with Crippen LogP contribution in [0.3, 0.4) is 0 Å². The summed E-state index contributed by atoms with van der Waals surface area (Å²) in [6.45, 7) is 9.72. The minimum Gasteiger partial charge on any atom is -0.491 e. The van der Waals surface area contributed by atoms with Crippen molar-refractivity contribution in [3.63, 3.8) is 0 Å².